The number of carbonyl (C=O) groups is 1. The first-order valence-corrected chi connectivity index (χ1v) is 9.57. The Morgan fingerprint density at radius 2 is 2.11 bits per heavy atom. The van der Waals surface area contributed by atoms with Gasteiger partial charge in [0.25, 0.3) is 0 Å². The number of carbonyl (C=O) groups excluding carboxylic acids is 1. The Hall–Kier alpha value is -1.81. The molecule has 0 unspecified atom stereocenters. The van der Waals surface area contributed by atoms with Gasteiger partial charge in [0, 0.05) is 24.7 Å². The van der Waals surface area contributed by atoms with E-state index in [1.165, 1.54) is 0 Å². The Kier molecular flexibility index (Phi) is 8.86. The highest BCUT2D eigenvalue weighted by Crippen LogP contribution is 2.28. The molecule has 1 aromatic heterocycles. The first-order valence-electron chi connectivity index (χ1n) is 7.99. The van der Waals surface area contributed by atoms with Crippen molar-refractivity contribution < 1.29 is 18.7 Å². The Bertz CT molecular complexity index is 787. The van der Waals surface area contributed by atoms with Crippen LogP contribution in [0, 0.1) is 0 Å². The van der Waals surface area contributed by atoms with Gasteiger partial charge in [-0.05, 0) is 49.0 Å². The molecule has 3 N–H and O–H groups in total. The van der Waals surface area contributed by atoms with Crippen LogP contribution in [0.15, 0.2) is 39.2 Å². The smallest absolute Gasteiger partial charge is 0.305 e. The number of thiocarbonyl (C=S) groups is 1. The molecule has 0 saturated heterocycles. The van der Waals surface area contributed by atoms with E-state index in [2.05, 4.69) is 32.1 Å². The van der Waals surface area contributed by atoms with Gasteiger partial charge in [-0.25, -0.2) is 0 Å². The molecule has 0 aliphatic carbocycles. The minimum atomic E-state index is -0.455. The zero-order valence-corrected chi connectivity index (χ0v) is 17.7. The van der Waals surface area contributed by atoms with Crippen LogP contribution in [-0.4, -0.2) is 31.3 Å². The average Bonchev–Trinajstić information content (AvgIpc) is 3.12. The molecular formula is C17H19BrClN3O4S. The van der Waals surface area contributed by atoms with E-state index < -0.39 is 5.91 Å². The zero-order chi connectivity index (χ0) is 19.6. The van der Waals surface area contributed by atoms with Gasteiger partial charge in [-0.3, -0.25) is 15.6 Å². The Morgan fingerprint density at radius 1 is 1.30 bits per heavy atom. The largest absolute Gasteiger partial charge is 0.484 e. The van der Waals surface area contributed by atoms with Crippen molar-refractivity contribution in [3.8, 4) is 5.75 Å². The van der Waals surface area contributed by atoms with Crippen molar-refractivity contribution in [1.82, 2.24) is 16.2 Å². The molecule has 27 heavy (non-hydrogen) atoms. The maximum atomic E-state index is 12.1. The molecule has 0 bridgehead atoms. The summed E-state index contributed by atoms with van der Waals surface area (Å²) < 4.78 is 16.9. The number of amides is 1. The molecule has 0 aliphatic heterocycles. The SMILES string of the molecule is COCCCNC(=S)NNC(=O)c1ccc(COc2ccc(Br)cc2Cl)o1. The molecule has 7 nitrogen and oxygen atoms in total. The molecule has 0 fully saturated rings. The van der Waals surface area contributed by atoms with E-state index in [0.717, 1.165) is 10.9 Å². The standard InChI is InChI=1S/C17H19BrClN3O4S/c1-24-8-2-7-20-17(27)22-21-16(23)15-6-4-12(26-15)10-25-14-5-3-11(18)9-13(14)19/h3-6,9H,2,7-8,10H2,1H3,(H,21,23)(H2,20,22,27). The molecule has 0 atom stereocenters. The number of furan rings is 1. The summed E-state index contributed by atoms with van der Waals surface area (Å²) in [6.45, 7) is 1.41. The van der Waals surface area contributed by atoms with E-state index in [0.29, 0.717) is 34.8 Å². The summed E-state index contributed by atoms with van der Waals surface area (Å²) in [4.78, 5) is 12.1. The second kappa shape index (κ2) is 11.1. The third kappa shape index (κ3) is 7.37. The van der Waals surface area contributed by atoms with Gasteiger partial charge in [-0.15, -0.1) is 0 Å². The van der Waals surface area contributed by atoms with Crippen LogP contribution in [0.25, 0.3) is 0 Å². The highest BCUT2D eigenvalue weighted by molar-refractivity contribution is 9.10. The number of nitrogens with one attached hydrogen (secondary N) is 3. The van der Waals surface area contributed by atoms with Crippen molar-refractivity contribution in [2.45, 2.75) is 13.0 Å². The lowest BCUT2D eigenvalue weighted by Crippen LogP contribution is -2.47. The molecule has 10 heteroatoms. The maximum absolute atomic E-state index is 12.1. The predicted molar refractivity (Wildman–Crippen MR) is 110 cm³/mol. The van der Waals surface area contributed by atoms with Gasteiger partial charge in [-0.2, -0.15) is 0 Å². The van der Waals surface area contributed by atoms with Crippen LogP contribution >= 0.6 is 39.7 Å². The predicted octanol–water partition coefficient (Wildman–Crippen LogP) is 3.42. The molecule has 0 radical (unpaired) electrons. The summed E-state index contributed by atoms with van der Waals surface area (Å²) in [6, 6.07) is 8.50. The number of ether oxygens (including phenoxy) is 2. The molecule has 1 heterocycles. The van der Waals surface area contributed by atoms with Crippen LogP contribution in [0.1, 0.15) is 22.7 Å². The van der Waals surface area contributed by atoms with Crippen LogP contribution in [0.2, 0.25) is 5.02 Å². The van der Waals surface area contributed by atoms with Crippen molar-refractivity contribution in [2.75, 3.05) is 20.3 Å². The van der Waals surface area contributed by atoms with Crippen molar-refractivity contribution in [2.24, 2.45) is 0 Å². The normalized spacial score (nSPS) is 10.3. The third-order valence-electron chi connectivity index (χ3n) is 3.25. The number of benzene rings is 1. The van der Waals surface area contributed by atoms with E-state index in [9.17, 15) is 4.79 Å². The lowest BCUT2D eigenvalue weighted by Gasteiger charge is -2.10. The summed E-state index contributed by atoms with van der Waals surface area (Å²) in [5.41, 5.74) is 5.06. The van der Waals surface area contributed by atoms with E-state index in [-0.39, 0.29) is 12.4 Å². The van der Waals surface area contributed by atoms with Crippen molar-refractivity contribution in [1.29, 1.82) is 0 Å². The fourth-order valence-electron chi connectivity index (χ4n) is 1.96. The summed E-state index contributed by atoms with van der Waals surface area (Å²) in [7, 11) is 1.63. The monoisotopic (exact) mass is 475 g/mol. The molecule has 0 aliphatic rings. The van der Waals surface area contributed by atoms with Crippen molar-refractivity contribution in [3.05, 3.63) is 51.3 Å². The first kappa shape index (κ1) is 21.5. The number of hydrazine groups is 1. The van der Waals surface area contributed by atoms with E-state index in [1.807, 2.05) is 6.07 Å². The van der Waals surface area contributed by atoms with E-state index >= 15 is 0 Å². The van der Waals surface area contributed by atoms with Gasteiger partial charge >= 0.3 is 5.91 Å². The first-order chi connectivity index (χ1) is 13.0. The molecule has 0 spiro atoms. The lowest BCUT2D eigenvalue weighted by molar-refractivity contribution is 0.0911. The lowest BCUT2D eigenvalue weighted by atomic mass is 10.3. The van der Waals surface area contributed by atoms with Crippen LogP contribution in [0.5, 0.6) is 5.75 Å². The fourth-order valence-corrected chi connectivity index (χ4v) is 2.84. The fraction of sp³-hybridized carbons (Fsp3) is 0.294. The second-order valence-electron chi connectivity index (χ2n) is 5.31. The zero-order valence-electron chi connectivity index (χ0n) is 14.5. The number of halogens is 2. The molecule has 146 valence electrons. The second-order valence-corrected chi connectivity index (χ2v) is 7.04. The molecule has 1 amide bonds. The topological polar surface area (TPSA) is 84.8 Å². The van der Waals surface area contributed by atoms with Gasteiger partial charge in [0.15, 0.2) is 10.9 Å². The number of hydrogen-bond acceptors (Lipinski definition) is 5. The van der Waals surface area contributed by atoms with Crippen molar-refractivity contribution in [3.63, 3.8) is 0 Å². The molecule has 1 aromatic carbocycles. The summed E-state index contributed by atoms with van der Waals surface area (Å²) >= 11 is 14.5. The minimum Gasteiger partial charge on any atom is -0.484 e. The van der Waals surface area contributed by atoms with Crippen LogP contribution in [0.4, 0.5) is 0 Å². The summed E-state index contributed by atoms with van der Waals surface area (Å²) in [5, 5.41) is 3.72. The van der Waals surface area contributed by atoms with Gasteiger partial charge in [0.05, 0.1) is 5.02 Å². The van der Waals surface area contributed by atoms with Crippen LogP contribution in [-0.2, 0) is 11.3 Å². The van der Waals surface area contributed by atoms with Crippen molar-refractivity contribution >= 4 is 50.8 Å². The number of methoxy groups -OCH3 is 1. The van der Waals surface area contributed by atoms with Crippen LogP contribution < -0.4 is 20.9 Å². The number of rotatable bonds is 8. The van der Waals surface area contributed by atoms with Gasteiger partial charge in [0.2, 0.25) is 0 Å². The Labute approximate surface area is 175 Å². The molecule has 2 aromatic rings. The number of hydrogen-bond donors (Lipinski definition) is 3. The molecule has 2 rings (SSSR count). The summed E-state index contributed by atoms with van der Waals surface area (Å²) in [6.07, 6.45) is 0.802. The minimum absolute atomic E-state index is 0.130. The van der Waals surface area contributed by atoms with E-state index in [1.54, 1.807) is 31.4 Å². The molecule has 0 saturated carbocycles. The third-order valence-corrected chi connectivity index (χ3v) is 4.28. The quantitative estimate of drug-likeness (QED) is 0.306. The molecular weight excluding hydrogens is 458 g/mol. The van der Waals surface area contributed by atoms with Gasteiger partial charge in [0.1, 0.15) is 18.1 Å². The Morgan fingerprint density at radius 3 is 2.85 bits per heavy atom. The van der Waals surface area contributed by atoms with Gasteiger partial charge in [-0.1, -0.05) is 27.5 Å². The summed E-state index contributed by atoms with van der Waals surface area (Å²) in [5.74, 6) is 0.683. The highest BCUT2D eigenvalue weighted by Gasteiger charge is 2.12. The van der Waals surface area contributed by atoms with Crippen LogP contribution in [0.3, 0.4) is 0 Å². The van der Waals surface area contributed by atoms with Gasteiger partial charge < -0.3 is 19.2 Å². The maximum Gasteiger partial charge on any atom is 0.305 e. The highest BCUT2D eigenvalue weighted by atomic mass is 79.9. The Balaban J connectivity index is 1.77. The average molecular weight is 477 g/mol. The van der Waals surface area contributed by atoms with E-state index in [4.69, 9.17) is 37.7 Å².